The van der Waals surface area contributed by atoms with Crippen LogP contribution in [0.2, 0.25) is 0 Å². The lowest BCUT2D eigenvalue weighted by Gasteiger charge is -2.32. The van der Waals surface area contributed by atoms with Crippen LogP contribution in [-0.2, 0) is 23.2 Å². The molecule has 0 saturated carbocycles. The van der Waals surface area contributed by atoms with Gasteiger partial charge in [-0.3, -0.25) is 39.0 Å². The summed E-state index contributed by atoms with van der Waals surface area (Å²) >= 11 is 1.32. The highest BCUT2D eigenvalue weighted by Crippen LogP contribution is 2.40. The third-order valence-corrected chi connectivity index (χ3v) is 12.4. The van der Waals surface area contributed by atoms with Gasteiger partial charge in [-0.1, -0.05) is 0 Å². The average Bonchev–Trinajstić information content (AvgIpc) is 3.77. The van der Waals surface area contributed by atoms with Gasteiger partial charge in [0, 0.05) is 55.6 Å². The van der Waals surface area contributed by atoms with E-state index in [-0.39, 0.29) is 41.5 Å². The van der Waals surface area contributed by atoms with Gasteiger partial charge in [0.2, 0.25) is 11.8 Å². The highest BCUT2D eigenvalue weighted by molar-refractivity contribution is 7.21. The van der Waals surface area contributed by atoms with E-state index in [1.807, 2.05) is 31.1 Å². The first-order chi connectivity index (χ1) is 28.4. The molecule has 2 aromatic heterocycles. The maximum atomic E-state index is 13.6. The van der Waals surface area contributed by atoms with Gasteiger partial charge in [0.05, 0.1) is 47.8 Å². The lowest BCUT2D eigenvalue weighted by atomic mass is 10.0. The van der Waals surface area contributed by atoms with Gasteiger partial charge < -0.3 is 33.9 Å². The zero-order valence-electron chi connectivity index (χ0n) is 34.1. The minimum absolute atomic E-state index is 0.0306. The fourth-order valence-electron chi connectivity index (χ4n) is 8.08. The molecule has 3 aliphatic heterocycles. The number of likely N-dealkylation sites (tertiary alicyclic amines) is 1. The SMILES string of the molecule is COc1cc(-c2cn(C)c(=O)c3cc(C(=O)NC4CCN(CCCCCOc5ccc6c(c5)C(=O)N(C5CCC(=O)NC5=O)C6=O)CC4)sc23)cc(OC)c1CN(C)C. The largest absolute Gasteiger partial charge is 0.496 e. The van der Waals surface area contributed by atoms with Crippen molar-refractivity contribution < 1.29 is 38.2 Å². The van der Waals surface area contributed by atoms with E-state index in [0.29, 0.717) is 40.7 Å². The monoisotopic (exact) mass is 826 g/mol. The molecule has 0 spiro atoms. The number of thiophene rings is 1. The number of imide groups is 2. The number of methoxy groups -OCH3 is 2. The van der Waals surface area contributed by atoms with Gasteiger partial charge in [-0.05, 0) is 101 Å². The van der Waals surface area contributed by atoms with Gasteiger partial charge in [-0.25, -0.2) is 0 Å². The van der Waals surface area contributed by atoms with Gasteiger partial charge in [-0.15, -0.1) is 11.3 Å². The highest BCUT2D eigenvalue weighted by atomic mass is 32.1. The number of piperidine rings is 2. The molecule has 4 aromatic rings. The fourth-order valence-corrected chi connectivity index (χ4v) is 9.17. The van der Waals surface area contributed by atoms with Crippen LogP contribution in [0.1, 0.15) is 80.9 Å². The average molecular weight is 827 g/mol. The number of carbonyl (C=O) groups is 5. The number of benzene rings is 2. The standard InChI is InChI=1S/C43H50N6O9S/c1-46(2)23-32-34(56-4)19-25(20-35(32)57-5)31-24-47(3)41(53)30-22-36(59-38(30)31)40(52)44-26-13-16-48(17-14-26)15-7-6-8-18-58-27-9-10-28-29(21-27)43(55)49(42(28)54)33-11-12-37(50)45-39(33)51/h9-10,19-22,24,26,33H,6-8,11-18,23H2,1-5H3,(H,44,52)(H,45,50,51). The number of amides is 5. The van der Waals surface area contributed by atoms with E-state index in [1.54, 1.807) is 56.3 Å². The van der Waals surface area contributed by atoms with Crippen molar-refractivity contribution in [3.8, 4) is 28.4 Å². The molecular weight excluding hydrogens is 777 g/mol. The molecule has 2 saturated heterocycles. The van der Waals surface area contributed by atoms with Gasteiger partial charge in [0.1, 0.15) is 23.3 Å². The number of rotatable bonds is 15. The number of hydrogen-bond donors (Lipinski definition) is 2. The predicted molar refractivity (Wildman–Crippen MR) is 222 cm³/mol. The molecule has 5 amide bonds. The molecule has 0 bridgehead atoms. The molecule has 1 unspecified atom stereocenters. The Balaban J connectivity index is 0.876. The Morgan fingerprint density at radius 1 is 0.898 bits per heavy atom. The van der Waals surface area contributed by atoms with Crippen LogP contribution in [0, 0.1) is 0 Å². The van der Waals surface area contributed by atoms with E-state index in [2.05, 4.69) is 15.5 Å². The van der Waals surface area contributed by atoms with Gasteiger partial charge in [0.25, 0.3) is 23.3 Å². The van der Waals surface area contributed by atoms with E-state index in [4.69, 9.17) is 14.2 Å². The molecule has 1 atom stereocenters. The number of fused-ring (bicyclic) bond motifs is 2. The molecule has 0 aliphatic carbocycles. The van der Waals surface area contributed by atoms with Crippen LogP contribution in [0.5, 0.6) is 17.2 Å². The summed E-state index contributed by atoms with van der Waals surface area (Å²) in [5.74, 6) is -0.501. The summed E-state index contributed by atoms with van der Waals surface area (Å²) < 4.78 is 19.7. The Labute approximate surface area is 346 Å². The first-order valence-electron chi connectivity index (χ1n) is 19.9. The summed E-state index contributed by atoms with van der Waals surface area (Å²) in [6.07, 6.45) is 6.35. The van der Waals surface area contributed by atoms with Crippen molar-refractivity contribution in [2.45, 2.75) is 63.6 Å². The summed E-state index contributed by atoms with van der Waals surface area (Å²) in [6, 6.07) is 9.38. The predicted octanol–water partition coefficient (Wildman–Crippen LogP) is 4.19. The van der Waals surface area contributed by atoms with Crippen molar-refractivity contribution in [2.75, 3.05) is 54.6 Å². The number of aryl methyl sites for hydroxylation is 1. The molecule has 7 rings (SSSR count). The summed E-state index contributed by atoms with van der Waals surface area (Å²) in [5, 5.41) is 5.92. The molecule has 312 valence electrons. The van der Waals surface area contributed by atoms with Crippen molar-refractivity contribution in [1.29, 1.82) is 0 Å². The molecule has 15 nitrogen and oxygen atoms in total. The molecule has 2 N–H and O–H groups in total. The van der Waals surface area contributed by atoms with Crippen LogP contribution in [0.4, 0.5) is 0 Å². The number of hydrogen-bond acceptors (Lipinski definition) is 12. The van der Waals surface area contributed by atoms with Gasteiger partial charge in [-0.2, -0.15) is 0 Å². The van der Waals surface area contributed by atoms with Crippen molar-refractivity contribution in [1.82, 2.24) is 29.9 Å². The Morgan fingerprint density at radius 2 is 1.61 bits per heavy atom. The van der Waals surface area contributed by atoms with Crippen molar-refractivity contribution in [3.05, 3.63) is 74.5 Å². The molecule has 2 fully saturated rings. The number of pyridine rings is 1. The lowest BCUT2D eigenvalue weighted by Crippen LogP contribution is -2.54. The summed E-state index contributed by atoms with van der Waals surface area (Å²) in [7, 11) is 8.93. The summed E-state index contributed by atoms with van der Waals surface area (Å²) in [5.41, 5.74) is 2.81. The second-order valence-electron chi connectivity index (χ2n) is 15.6. The van der Waals surface area contributed by atoms with Crippen molar-refractivity contribution in [2.24, 2.45) is 7.05 Å². The number of nitrogens with zero attached hydrogens (tertiary/aromatic N) is 4. The van der Waals surface area contributed by atoms with Crippen molar-refractivity contribution in [3.63, 3.8) is 0 Å². The van der Waals surface area contributed by atoms with E-state index in [1.165, 1.54) is 11.3 Å². The maximum absolute atomic E-state index is 13.6. The third kappa shape index (κ3) is 8.75. The third-order valence-electron chi connectivity index (χ3n) is 11.2. The van der Waals surface area contributed by atoms with Crippen LogP contribution in [0.3, 0.4) is 0 Å². The lowest BCUT2D eigenvalue weighted by molar-refractivity contribution is -0.136. The van der Waals surface area contributed by atoms with Gasteiger partial charge >= 0.3 is 0 Å². The van der Waals surface area contributed by atoms with E-state index in [0.717, 1.165) is 78.0 Å². The normalized spacial score (nSPS) is 17.5. The van der Waals surface area contributed by atoms with E-state index in [9.17, 15) is 28.8 Å². The van der Waals surface area contributed by atoms with Crippen molar-refractivity contribution >= 4 is 51.0 Å². The second-order valence-corrected chi connectivity index (χ2v) is 16.6. The number of aromatic nitrogens is 1. The Bertz CT molecular complexity index is 2340. The molecule has 0 radical (unpaired) electrons. The minimum Gasteiger partial charge on any atom is -0.496 e. The highest BCUT2D eigenvalue weighted by Gasteiger charge is 2.44. The van der Waals surface area contributed by atoms with Crippen LogP contribution in [0.25, 0.3) is 21.2 Å². The molecule has 59 heavy (non-hydrogen) atoms. The molecule has 5 heterocycles. The number of unbranched alkanes of at least 4 members (excludes halogenated alkanes) is 2. The van der Waals surface area contributed by atoms with Crippen LogP contribution in [0.15, 0.2) is 47.4 Å². The topological polar surface area (TPSA) is 169 Å². The van der Waals surface area contributed by atoms with Crippen LogP contribution < -0.4 is 30.4 Å². The second kappa shape index (κ2) is 17.7. The molecule has 2 aromatic carbocycles. The number of nitrogens with one attached hydrogen (secondary N) is 2. The first-order valence-corrected chi connectivity index (χ1v) is 20.7. The van der Waals surface area contributed by atoms with E-state index >= 15 is 0 Å². The van der Waals surface area contributed by atoms with Crippen LogP contribution >= 0.6 is 11.3 Å². The molecule has 3 aliphatic rings. The van der Waals surface area contributed by atoms with E-state index < -0.39 is 29.7 Å². The molecule has 16 heteroatoms. The quantitative estimate of drug-likeness (QED) is 0.130. The fraction of sp³-hybridized carbons (Fsp3) is 0.442. The minimum atomic E-state index is -1.01. The number of ether oxygens (including phenoxy) is 3. The Hall–Kier alpha value is -5.58. The molecular formula is C43H50N6O9S. The Kier molecular flexibility index (Phi) is 12.5. The number of carbonyl (C=O) groups excluding carboxylic acids is 5. The summed E-state index contributed by atoms with van der Waals surface area (Å²) in [4.78, 5) is 82.7. The summed E-state index contributed by atoms with van der Waals surface area (Å²) in [6.45, 7) is 3.73. The van der Waals surface area contributed by atoms with Crippen LogP contribution in [-0.4, -0.2) is 115 Å². The Morgan fingerprint density at radius 3 is 2.29 bits per heavy atom. The smallest absolute Gasteiger partial charge is 0.262 e. The van der Waals surface area contributed by atoms with Gasteiger partial charge in [0.15, 0.2) is 0 Å². The first kappa shape index (κ1) is 41.6. The zero-order valence-corrected chi connectivity index (χ0v) is 34.9. The maximum Gasteiger partial charge on any atom is 0.262 e. The zero-order chi connectivity index (χ0) is 42.0.